The van der Waals surface area contributed by atoms with Crippen LogP contribution < -0.4 is 46.6 Å². The highest BCUT2D eigenvalue weighted by atomic mass is 16.5. The van der Waals surface area contributed by atoms with E-state index in [-0.39, 0.29) is 47.3 Å². The van der Waals surface area contributed by atoms with E-state index in [1.165, 1.54) is 51.4 Å². The van der Waals surface area contributed by atoms with Gasteiger partial charge in [0.25, 0.3) is 5.91 Å². The van der Waals surface area contributed by atoms with Gasteiger partial charge in [0.05, 0.1) is 70.8 Å². The van der Waals surface area contributed by atoms with Crippen LogP contribution in [-0.2, 0) is 32.1 Å². The number of nitrogens with two attached hydrogens (primary N) is 2. The number of pyridine rings is 1. The lowest BCUT2D eigenvalue weighted by atomic mass is 9.88. The Bertz CT molecular complexity index is 3000. The number of hydrogen-bond acceptors (Lipinski definition) is 12. The highest BCUT2D eigenvalue weighted by molar-refractivity contribution is 6.09. The summed E-state index contributed by atoms with van der Waals surface area (Å²) in [6.07, 6.45) is 23.0. The van der Waals surface area contributed by atoms with Crippen LogP contribution in [-0.4, -0.2) is 141 Å². The molecule has 3 aromatic heterocycles. The van der Waals surface area contributed by atoms with Crippen LogP contribution in [0.15, 0.2) is 71.3 Å². The first-order chi connectivity index (χ1) is 42.9. The number of furan rings is 1. The van der Waals surface area contributed by atoms with Crippen LogP contribution in [0.4, 0.5) is 11.5 Å². The number of methoxy groups -OCH3 is 1. The van der Waals surface area contributed by atoms with Gasteiger partial charge in [-0.15, -0.1) is 0 Å². The Hall–Kier alpha value is -6.90. The molecule has 1 aliphatic carbocycles. The fraction of sp³-hybridized carbons (Fsp3) is 0.623. The number of amides is 4. The quantitative estimate of drug-likeness (QED) is 0.0109. The van der Waals surface area contributed by atoms with Crippen molar-refractivity contribution in [3.63, 3.8) is 0 Å². The molecule has 1 saturated carbocycles. The molecule has 20 heteroatoms. The van der Waals surface area contributed by atoms with Gasteiger partial charge in [-0.05, 0) is 111 Å². The zero-order valence-corrected chi connectivity index (χ0v) is 54.3. The number of quaternary nitrogens is 1. The van der Waals surface area contributed by atoms with E-state index in [1.54, 1.807) is 7.11 Å². The van der Waals surface area contributed by atoms with Crippen molar-refractivity contribution in [2.45, 2.75) is 180 Å². The molecule has 2 aromatic carbocycles. The van der Waals surface area contributed by atoms with Crippen LogP contribution in [0.1, 0.15) is 194 Å². The van der Waals surface area contributed by atoms with E-state index in [0.717, 1.165) is 123 Å². The van der Waals surface area contributed by atoms with Crippen molar-refractivity contribution in [2.24, 2.45) is 22.8 Å². The smallest absolute Gasteiger partial charge is 0.303 e. The first kappa shape index (κ1) is 69.6. The Kier molecular flexibility index (Phi) is 27.7. The number of unbranched alkanes of at least 4 members (excludes halogenated alkanes) is 11. The molecule has 1 aliphatic heterocycles. The van der Waals surface area contributed by atoms with Crippen molar-refractivity contribution < 1.29 is 47.4 Å². The molecule has 488 valence electrons. The summed E-state index contributed by atoms with van der Waals surface area (Å²) in [7, 11) is 3.68. The summed E-state index contributed by atoms with van der Waals surface area (Å²) in [4.78, 5) is 73.1. The van der Waals surface area contributed by atoms with Crippen molar-refractivity contribution in [1.82, 2.24) is 31.2 Å². The molecule has 0 radical (unpaired) electrons. The minimum absolute atomic E-state index is 0.0119. The number of benzene rings is 2. The van der Waals surface area contributed by atoms with Crippen LogP contribution in [0, 0.1) is 18.3 Å². The lowest BCUT2D eigenvalue weighted by Gasteiger charge is -2.36. The largest absolute Gasteiger partial charge is 0.497 e. The fourth-order valence-electron chi connectivity index (χ4n) is 12.4. The summed E-state index contributed by atoms with van der Waals surface area (Å²) in [6.45, 7) is 12.9. The van der Waals surface area contributed by atoms with Gasteiger partial charge in [-0.25, -0.2) is 4.98 Å². The Morgan fingerprint density at radius 1 is 0.798 bits per heavy atom. The average molecular weight is 1230 g/mol. The number of carboxylic acids is 1. The molecule has 1 saturated heterocycles. The van der Waals surface area contributed by atoms with Gasteiger partial charge in [0, 0.05) is 86.8 Å². The Morgan fingerprint density at radius 3 is 2.04 bits per heavy atom. The van der Waals surface area contributed by atoms with Gasteiger partial charge < -0.3 is 51.1 Å². The van der Waals surface area contributed by atoms with E-state index in [4.69, 9.17) is 25.6 Å². The second kappa shape index (κ2) is 35.5. The first-order valence-corrected chi connectivity index (χ1v) is 33.4. The fourth-order valence-corrected chi connectivity index (χ4v) is 12.4. The number of ether oxygens (including phenoxy) is 1. The van der Waals surface area contributed by atoms with Crippen molar-refractivity contribution in [1.29, 1.82) is 0 Å². The Balaban J connectivity index is 0.782. The Labute approximate surface area is 528 Å². The molecular formula is C69H106N12O8+2. The number of piperidine rings is 1. The number of aryl methyl sites for hydroxylation is 3. The second-order valence-corrected chi connectivity index (χ2v) is 26.3. The second-order valence-electron chi connectivity index (χ2n) is 26.3. The number of aliphatic carboxylic acids is 1. The molecule has 89 heavy (non-hydrogen) atoms. The van der Waals surface area contributed by atoms with Crippen molar-refractivity contribution >= 4 is 52.1 Å². The number of carboxylic acid groups (broad SMARTS) is 1. The summed E-state index contributed by atoms with van der Waals surface area (Å²) < 4.78 is 14.8. The molecule has 2 aliphatic rings. The third-order valence-electron chi connectivity index (χ3n) is 18.1. The molecule has 4 amide bonds. The SMILES string of the molecule is COc1ccc(C(=O)N(CC(C)(C)CC[n+]2cc(CCCCCCCCCCCCCCC(=O)NCC[N+](C)(CCC(=O)NCCN)CCC(=O)NCCN)n[nH]2)c2cccc(C)n2)c(N2CCC(c3cc4ccc([C@@H](CC(=O)O)C5CC5)cc4o3)CC2)c1. The number of anilines is 2. The normalized spacial score (nSPS) is 14.2. The van der Waals surface area contributed by atoms with E-state index in [2.05, 4.69) is 80.2 Å². The van der Waals surface area contributed by atoms with E-state index in [0.29, 0.717) is 106 Å². The van der Waals surface area contributed by atoms with Gasteiger partial charge in [-0.3, -0.25) is 28.9 Å². The molecule has 0 unspecified atom stereocenters. The number of H-pyrrole nitrogens is 1. The van der Waals surface area contributed by atoms with E-state index in [9.17, 15) is 24.3 Å². The van der Waals surface area contributed by atoms with Crippen LogP contribution in [0.5, 0.6) is 5.75 Å². The molecule has 20 nitrogen and oxygen atoms in total. The number of hydrogen-bond donors (Lipinski definition) is 7. The molecule has 2 fully saturated rings. The van der Waals surface area contributed by atoms with Crippen LogP contribution in [0.25, 0.3) is 11.0 Å². The maximum absolute atomic E-state index is 15.2. The van der Waals surface area contributed by atoms with Crippen LogP contribution >= 0.6 is 0 Å². The number of carbonyl (C=O) groups excluding carboxylic acids is 4. The molecule has 4 heterocycles. The summed E-state index contributed by atoms with van der Waals surface area (Å²) in [5.74, 6) is 1.96. The Morgan fingerprint density at radius 2 is 1.43 bits per heavy atom. The zero-order valence-electron chi connectivity index (χ0n) is 54.3. The number of carbonyl (C=O) groups is 5. The third-order valence-corrected chi connectivity index (χ3v) is 18.1. The molecule has 0 spiro atoms. The van der Waals surface area contributed by atoms with Crippen LogP contribution in [0.3, 0.4) is 0 Å². The molecule has 0 bridgehead atoms. The van der Waals surface area contributed by atoms with Gasteiger partial charge in [0.2, 0.25) is 23.4 Å². The van der Waals surface area contributed by atoms with Gasteiger partial charge in [0.1, 0.15) is 29.5 Å². The number of nitrogens with one attached hydrogen (secondary N) is 4. The number of likely N-dealkylation sites (N-methyl/N-ethyl adjacent to an activating group) is 1. The van der Waals surface area contributed by atoms with Crippen molar-refractivity contribution in [2.75, 3.05) is 95.9 Å². The van der Waals surface area contributed by atoms with E-state index in [1.807, 2.05) is 55.3 Å². The highest BCUT2D eigenvalue weighted by Gasteiger charge is 2.36. The highest BCUT2D eigenvalue weighted by Crippen LogP contribution is 2.46. The lowest BCUT2D eigenvalue weighted by Crippen LogP contribution is -2.52. The average Bonchev–Trinajstić information content (AvgIpc) is 2.80. The molecule has 5 aromatic rings. The summed E-state index contributed by atoms with van der Waals surface area (Å²) >= 11 is 0. The minimum atomic E-state index is -0.764. The number of fused-ring (bicyclic) bond motifs is 1. The monoisotopic (exact) mass is 1230 g/mol. The topological polar surface area (TPSA) is 268 Å². The van der Waals surface area contributed by atoms with E-state index >= 15 is 4.79 Å². The van der Waals surface area contributed by atoms with Gasteiger partial charge >= 0.3 is 5.97 Å². The zero-order chi connectivity index (χ0) is 63.6. The number of aromatic amines is 1. The first-order valence-electron chi connectivity index (χ1n) is 33.4. The van der Waals surface area contributed by atoms with Crippen LogP contribution in [0.2, 0.25) is 0 Å². The van der Waals surface area contributed by atoms with Gasteiger partial charge in [-0.1, -0.05) is 101 Å². The maximum Gasteiger partial charge on any atom is 0.303 e. The summed E-state index contributed by atoms with van der Waals surface area (Å²) in [6, 6.07) is 20.0. The minimum Gasteiger partial charge on any atom is -0.497 e. The third kappa shape index (κ3) is 23.1. The number of aromatic nitrogens is 4. The van der Waals surface area contributed by atoms with Crippen molar-refractivity contribution in [3.05, 3.63) is 95.1 Å². The lowest BCUT2D eigenvalue weighted by molar-refractivity contribution is -0.907. The standard InChI is InChI=1S/C69H104N12O8/c1-51-19-18-21-63(75-51)80(68(87)58-28-27-57(88-5)47-60(58)78-39-29-53(30-40-78)61-46-55-26-25-54(45-62(55)89-61)59(48-67(85)86)52-23-24-52)50-69(2,3)33-41-79-49-56(76-77-79)20-16-14-12-10-8-6-7-9-11-13-15-17-22-64(82)74-38-44-81(4,42-31-65(83)72-36-34-70)43-32-66(84)73-37-35-71/h18-19,21,25-28,45-47,49,52-53,59H,6-17,20,22-24,29-44,48,50,70-71H2,1-5H3,(H3-,72,73,74,82,83,84,85,86)/p+2/t59-/m0/s1. The summed E-state index contributed by atoms with van der Waals surface area (Å²) in [5, 5.41) is 27.2. The predicted molar refractivity (Wildman–Crippen MR) is 350 cm³/mol. The van der Waals surface area contributed by atoms with Gasteiger partial charge in [-0.2, -0.15) is 4.68 Å². The van der Waals surface area contributed by atoms with Gasteiger partial charge in [0.15, 0.2) is 6.20 Å². The maximum atomic E-state index is 15.2. The summed E-state index contributed by atoms with van der Waals surface area (Å²) in [5.41, 5.74) is 16.0. The predicted octanol–water partition coefficient (Wildman–Crippen LogP) is 9.38. The molecule has 9 N–H and O–H groups in total. The molecule has 7 rings (SSSR count). The van der Waals surface area contributed by atoms with Crippen molar-refractivity contribution in [3.8, 4) is 5.75 Å². The number of nitrogens with zero attached hydrogens (tertiary/aromatic N) is 6. The molecular weight excluding hydrogens is 1120 g/mol. The number of rotatable bonds is 42. The molecule has 1 atom stereocenters. The van der Waals surface area contributed by atoms with E-state index < -0.39 is 5.97 Å².